The minimum absolute atomic E-state index is 0.0363. The maximum atomic E-state index is 13.3. The van der Waals surface area contributed by atoms with Crippen LogP contribution in [0.5, 0.6) is 0 Å². The number of ether oxygens (including phenoxy) is 1. The van der Waals surface area contributed by atoms with Gasteiger partial charge in [0.05, 0.1) is 11.9 Å². The molecular formula is C20H26O4S. The number of hydrogen-bond acceptors (Lipinski definition) is 5. The van der Waals surface area contributed by atoms with Gasteiger partial charge in [-0.05, 0) is 37.4 Å². The Bertz CT molecular complexity index is 638. The number of fused-ring (bicyclic) bond motifs is 2. The van der Waals surface area contributed by atoms with Crippen LogP contribution < -0.4 is 0 Å². The maximum Gasteiger partial charge on any atom is 0.293 e. The van der Waals surface area contributed by atoms with Crippen LogP contribution in [-0.2, 0) is 19.1 Å². The maximum absolute atomic E-state index is 13.3. The van der Waals surface area contributed by atoms with Crippen molar-refractivity contribution in [3.8, 4) is 0 Å². The van der Waals surface area contributed by atoms with Crippen LogP contribution in [0.3, 0.4) is 0 Å². The lowest BCUT2D eigenvalue weighted by atomic mass is 9.40. The lowest BCUT2D eigenvalue weighted by Gasteiger charge is -2.61. The van der Waals surface area contributed by atoms with E-state index in [0.29, 0.717) is 37.4 Å². The van der Waals surface area contributed by atoms with Crippen molar-refractivity contribution in [3.63, 3.8) is 0 Å². The van der Waals surface area contributed by atoms with Crippen LogP contribution in [0.2, 0.25) is 0 Å². The van der Waals surface area contributed by atoms with Crippen LogP contribution in [-0.4, -0.2) is 36.2 Å². The summed E-state index contributed by atoms with van der Waals surface area (Å²) in [5.41, 5.74) is 0.859. The van der Waals surface area contributed by atoms with Crippen LogP contribution in [0, 0.1) is 23.2 Å². The third-order valence-corrected chi connectivity index (χ3v) is 7.39. The Labute approximate surface area is 153 Å². The van der Waals surface area contributed by atoms with Gasteiger partial charge in [0.15, 0.2) is 11.6 Å². The Hall–Kier alpha value is -1.36. The molecule has 25 heavy (non-hydrogen) atoms. The van der Waals surface area contributed by atoms with Crippen molar-refractivity contribution in [1.29, 1.82) is 0 Å². The average molecular weight is 362 g/mol. The number of thioether (sulfide) groups is 1. The van der Waals surface area contributed by atoms with Gasteiger partial charge in [0.1, 0.15) is 5.41 Å². The summed E-state index contributed by atoms with van der Waals surface area (Å²) >= 11 is 1.54. The number of carbonyl (C=O) groups excluding carboxylic acids is 3. The Balaban J connectivity index is 1.98. The number of rotatable bonds is 8. The first-order chi connectivity index (χ1) is 12.0. The predicted molar refractivity (Wildman–Crippen MR) is 98.2 cm³/mol. The molecule has 0 aliphatic heterocycles. The summed E-state index contributed by atoms with van der Waals surface area (Å²) in [6.07, 6.45) is 8.31. The molecule has 2 saturated carbocycles. The molecule has 0 saturated heterocycles. The molecule has 1 unspecified atom stereocenters. The van der Waals surface area contributed by atoms with Crippen LogP contribution in [0.1, 0.15) is 39.0 Å². The standard InChI is InChI=1S/C20H26O4S/c1-4-5-6-14-15(7-8-24-11-21)17(25-3)19(23)20-10-13(16(14)20)9-12(2)18(20)22/h9,11,14-17H,2,4-8,10H2,1,3H3/t14-,15+,16?,17-,20+/m1/s1. The summed E-state index contributed by atoms with van der Waals surface area (Å²) < 4.78 is 4.93. The summed E-state index contributed by atoms with van der Waals surface area (Å²) in [6.45, 7) is 6.83. The van der Waals surface area contributed by atoms with E-state index >= 15 is 0 Å². The van der Waals surface area contributed by atoms with Crippen molar-refractivity contribution < 1.29 is 19.1 Å². The summed E-state index contributed by atoms with van der Waals surface area (Å²) in [4.78, 5) is 36.8. The van der Waals surface area contributed by atoms with E-state index in [2.05, 4.69) is 13.5 Å². The van der Waals surface area contributed by atoms with E-state index in [9.17, 15) is 14.4 Å². The Kier molecular flexibility index (Phi) is 5.24. The lowest BCUT2D eigenvalue weighted by Crippen LogP contribution is -2.67. The molecule has 4 aliphatic carbocycles. The van der Waals surface area contributed by atoms with Gasteiger partial charge in [0, 0.05) is 11.5 Å². The monoisotopic (exact) mass is 362 g/mol. The number of hydrogen-bond donors (Lipinski definition) is 0. The van der Waals surface area contributed by atoms with Crippen molar-refractivity contribution in [2.24, 2.45) is 23.2 Å². The Morgan fingerprint density at radius 2 is 2.12 bits per heavy atom. The second-order valence-electron chi connectivity index (χ2n) is 7.45. The lowest BCUT2D eigenvalue weighted by molar-refractivity contribution is -0.157. The van der Waals surface area contributed by atoms with Gasteiger partial charge < -0.3 is 4.74 Å². The molecule has 0 aromatic rings. The first-order valence-corrected chi connectivity index (χ1v) is 10.4. The Morgan fingerprint density at radius 3 is 2.76 bits per heavy atom. The molecule has 4 rings (SSSR count). The minimum Gasteiger partial charge on any atom is -0.468 e. The molecule has 0 amide bonds. The summed E-state index contributed by atoms with van der Waals surface area (Å²) in [6, 6.07) is 0. The number of unbranched alkanes of at least 4 members (excludes halogenated alkanes) is 1. The highest BCUT2D eigenvalue weighted by Gasteiger charge is 2.69. The largest absolute Gasteiger partial charge is 0.468 e. The summed E-state index contributed by atoms with van der Waals surface area (Å²) in [5, 5.41) is -0.204. The first kappa shape index (κ1) is 18.4. The highest BCUT2D eigenvalue weighted by Crippen LogP contribution is 2.66. The molecular weight excluding hydrogens is 336 g/mol. The molecule has 0 heterocycles. The van der Waals surface area contributed by atoms with Crippen LogP contribution in [0.4, 0.5) is 0 Å². The normalized spacial score (nSPS) is 36.4. The third-order valence-electron chi connectivity index (χ3n) is 6.32. The molecule has 5 heteroatoms. The predicted octanol–water partition coefficient (Wildman–Crippen LogP) is 3.36. The molecule has 0 aromatic heterocycles. The van der Waals surface area contributed by atoms with Gasteiger partial charge in [0.25, 0.3) is 6.47 Å². The second-order valence-corrected chi connectivity index (χ2v) is 8.42. The molecule has 4 aliphatic rings. The molecule has 5 atom stereocenters. The van der Waals surface area contributed by atoms with Gasteiger partial charge >= 0.3 is 0 Å². The first-order valence-electron chi connectivity index (χ1n) is 9.09. The average Bonchev–Trinajstić information content (AvgIpc) is 2.58. The van der Waals surface area contributed by atoms with Crippen LogP contribution in [0.15, 0.2) is 23.8 Å². The fraction of sp³-hybridized carbons (Fsp3) is 0.650. The van der Waals surface area contributed by atoms with Crippen molar-refractivity contribution in [2.45, 2.75) is 44.3 Å². The van der Waals surface area contributed by atoms with Crippen LogP contribution >= 0.6 is 11.8 Å². The number of ketones is 2. The van der Waals surface area contributed by atoms with Gasteiger partial charge in [0.2, 0.25) is 0 Å². The second kappa shape index (κ2) is 7.10. The minimum atomic E-state index is -0.852. The number of carbonyl (C=O) groups is 3. The zero-order valence-corrected chi connectivity index (χ0v) is 15.8. The highest BCUT2D eigenvalue weighted by molar-refractivity contribution is 8.00. The van der Waals surface area contributed by atoms with Gasteiger partial charge in [-0.15, -0.1) is 0 Å². The molecule has 2 fully saturated rings. The third kappa shape index (κ3) is 2.62. The Morgan fingerprint density at radius 1 is 1.36 bits per heavy atom. The van der Waals surface area contributed by atoms with Gasteiger partial charge in [-0.2, -0.15) is 11.8 Å². The smallest absolute Gasteiger partial charge is 0.293 e. The van der Waals surface area contributed by atoms with E-state index in [4.69, 9.17) is 4.74 Å². The molecule has 4 nitrogen and oxygen atoms in total. The van der Waals surface area contributed by atoms with Crippen LogP contribution in [0.25, 0.3) is 0 Å². The SMILES string of the molecule is C=C1C=C2C[C@]3(C1=O)C(=O)[C@H](SC)[C@@H](CCOC=O)[C@@H](CCCC)C23. The van der Waals surface area contributed by atoms with E-state index in [1.807, 2.05) is 12.3 Å². The zero-order valence-electron chi connectivity index (χ0n) is 15.0. The molecule has 0 N–H and O–H groups in total. The van der Waals surface area contributed by atoms with E-state index in [1.54, 1.807) is 11.8 Å². The van der Waals surface area contributed by atoms with Gasteiger partial charge in [-0.3, -0.25) is 14.4 Å². The highest BCUT2D eigenvalue weighted by atomic mass is 32.2. The van der Waals surface area contributed by atoms with E-state index < -0.39 is 5.41 Å². The molecule has 0 radical (unpaired) electrons. The van der Waals surface area contributed by atoms with E-state index in [-0.39, 0.29) is 28.7 Å². The van der Waals surface area contributed by atoms with Gasteiger partial charge in [-0.25, -0.2) is 0 Å². The topological polar surface area (TPSA) is 60.4 Å². The van der Waals surface area contributed by atoms with Crippen molar-refractivity contribution >= 4 is 29.8 Å². The van der Waals surface area contributed by atoms with E-state index in [0.717, 1.165) is 19.3 Å². The molecule has 136 valence electrons. The zero-order chi connectivity index (χ0) is 18.2. The van der Waals surface area contributed by atoms with E-state index in [1.165, 1.54) is 5.57 Å². The van der Waals surface area contributed by atoms with Gasteiger partial charge in [-0.1, -0.05) is 38.0 Å². The van der Waals surface area contributed by atoms with Crippen molar-refractivity contribution in [2.75, 3.05) is 12.9 Å². The van der Waals surface area contributed by atoms with Crippen molar-refractivity contribution in [3.05, 3.63) is 23.8 Å². The quantitative estimate of drug-likeness (QED) is 0.287. The molecule has 0 aromatic carbocycles. The fourth-order valence-corrected chi connectivity index (χ4v) is 6.41. The number of allylic oxidation sites excluding steroid dienone is 3. The summed E-state index contributed by atoms with van der Waals surface area (Å²) in [7, 11) is 0. The number of Topliss-reactive ketones (excluding diaryl/α,β-unsaturated/α-hetero) is 2. The summed E-state index contributed by atoms with van der Waals surface area (Å²) in [5.74, 6) is 0.504. The molecule has 2 bridgehead atoms. The molecule has 1 spiro atoms. The fourth-order valence-electron chi connectivity index (χ4n) is 5.30. The van der Waals surface area contributed by atoms with Crippen molar-refractivity contribution in [1.82, 2.24) is 0 Å².